The van der Waals surface area contributed by atoms with Crippen molar-refractivity contribution in [2.24, 2.45) is 0 Å². The third-order valence-electron chi connectivity index (χ3n) is 3.98. The number of nitrogens with one attached hydrogen (secondary N) is 1. The van der Waals surface area contributed by atoms with Gasteiger partial charge in [0.25, 0.3) is 0 Å². The first-order chi connectivity index (χ1) is 14.1. The van der Waals surface area contributed by atoms with Crippen molar-refractivity contribution in [2.45, 2.75) is 13.5 Å². The number of aromatic nitrogens is 2. The first kappa shape index (κ1) is 19.9. The molecule has 0 aliphatic carbocycles. The smallest absolute Gasteiger partial charge is 0.421 e. The number of nitrogens with zero attached hydrogens (tertiary/aromatic N) is 2. The summed E-state index contributed by atoms with van der Waals surface area (Å²) in [5.74, 6) is 0.157. The summed E-state index contributed by atoms with van der Waals surface area (Å²) in [6.45, 7) is 1.91. The van der Waals surface area contributed by atoms with Crippen LogP contribution in [-0.2, 0) is 16.1 Å². The lowest BCUT2D eigenvalue weighted by Crippen LogP contribution is -2.21. The minimum Gasteiger partial charge on any atom is -0.497 e. The lowest BCUT2D eigenvalue weighted by molar-refractivity contribution is 0.0511. The fraction of sp³-hybridized carbons (Fsp3) is 0.190. The maximum Gasteiger partial charge on any atom is 0.421 e. The topological polar surface area (TPSA) is 91.7 Å². The molecule has 1 aromatic heterocycles. The van der Waals surface area contributed by atoms with Crippen molar-refractivity contribution in [1.82, 2.24) is 9.55 Å². The monoisotopic (exact) mass is 395 g/mol. The van der Waals surface area contributed by atoms with Gasteiger partial charge in [0.1, 0.15) is 12.4 Å². The average molecular weight is 395 g/mol. The SMILES string of the molecule is CCOC(=O)c1cnc(Nc2ccc(OC)cc2)n1C(=O)OCc1ccccc1. The Morgan fingerprint density at radius 1 is 1.03 bits per heavy atom. The fourth-order valence-electron chi connectivity index (χ4n) is 2.56. The molecule has 0 aliphatic rings. The molecule has 0 fully saturated rings. The van der Waals surface area contributed by atoms with Crippen molar-refractivity contribution in [3.63, 3.8) is 0 Å². The van der Waals surface area contributed by atoms with Gasteiger partial charge in [0.2, 0.25) is 5.95 Å². The summed E-state index contributed by atoms with van der Waals surface area (Å²) in [6, 6.07) is 16.3. The number of methoxy groups -OCH3 is 1. The maximum absolute atomic E-state index is 12.8. The van der Waals surface area contributed by atoms with E-state index >= 15 is 0 Å². The van der Waals surface area contributed by atoms with Crippen molar-refractivity contribution in [2.75, 3.05) is 19.0 Å². The van der Waals surface area contributed by atoms with E-state index in [0.717, 1.165) is 10.1 Å². The molecule has 0 amide bonds. The Labute approximate surface area is 168 Å². The molecule has 29 heavy (non-hydrogen) atoms. The second-order valence-corrected chi connectivity index (χ2v) is 5.92. The highest BCUT2D eigenvalue weighted by Crippen LogP contribution is 2.21. The van der Waals surface area contributed by atoms with Crippen molar-refractivity contribution < 1.29 is 23.8 Å². The summed E-state index contributed by atoms with van der Waals surface area (Å²) in [5, 5.41) is 3.01. The third kappa shape index (κ3) is 4.92. The van der Waals surface area contributed by atoms with Crippen LogP contribution < -0.4 is 10.1 Å². The van der Waals surface area contributed by atoms with E-state index in [4.69, 9.17) is 14.2 Å². The average Bonchev–Trinajstić information content (AvgIpc) is 3.17. The van der Waals surface area contributed by atoms with Gasteiger partial charge in [-0.3, -0.25) is 0 Å². The Kier molecular flexibility index (Phi) is 6.47. The normalized spacial score (nSPS) is 10.3. The molecule has 0 atom stereocenters. The predicted molar refractivity (Wildman–Crippen MR) is 106 cm³/mol. The standard InChI is InChI=1S/C21H21N3O5/c1-3-28-19(25)18-13-22-20(23-16-9-11-17(27-2)12-10-16)24(18)21(26)29-14-15-7-5-4-6-8-15/h4-13H,3,14H2,1-2H3,(H,22,23). The van der Waals surface area contributed by atoms with Crippen LogP contribution in [0.1, 0.15) is 23.0 Å². The summed E-state index contributed by atoms with van der Waals surface area (Å²) >= 11 is 0. The number of imidazole rings is 1. The second kappa shape index (κ2) is 9.41. The molecule has 0 saturated heterocycles. The molecular formula is C21H21N3O5. The minimum absolute atomic E-state index is 0.0269. The van der Waals surface area contributed by atoms with Crippen LogP contribution in [0.3, 0.4) is 0 Å². The molecule has 0 spiro atoms. The van der Waals surface area contributed by atoms with Crippen molar-refractivity contribution in [3.8, 4) is 5.75 Å². The van der Waals surface area contributed by atoms with Crippen LogP contribution in [0.4, 0.5) is 16.4 Å². The van der Waals surface area contributed by atoms with Crippen LogP contribution in [-0.4, -0.2) is 35.3 Å². The molecule has 3 aromatic rings. The van der Waals surface area contributed by atoms with Gasteiger partial charge < -0.3 is 19.5 Å². The Hall–Kier alpha value is -3.81. The molecule has 0 aliphatic heterocycles. The van der Waals surface area contributed by atoms with Gasteiger partial charge in [0.05, 0.1) is 19.9 Å². The van der Waals surface area contributed by atoms with Crippen molar-refractivity contribution in [3.05, 3.63) is 72.1 Å². The number of anilines is 2. The predicted octanol–water partition coefficient (Wildman–Crippen LogP) is 4.00. The van der Waals surface area contributed by atoms with Gasteiger partial charge in [0, 0.05) is 5.69 Å². The number of hydrogen-bond acceptors (Lipinski definition) is 7. The summed E-state index contributed by atoms with van der Waals surface area (Å²) in [4.78, 5) is 29.2. The molecule has 0 bridgehead atoms. The highest BCUT2D eigenvalue weighted by molar-refractivity contribution is 5.93. The number of benzene rings is 2. The number of carbonyl (C=O) groups excluding carboxylic acids is 2. The Morgan fingerprint density at radius 3 is 2.41 bits per heavy atom. The molecule has 8 nitrogen and oxygen atoms in total. The highest BCUT2D eigenvalue weighted by atomic mass is 16.6. The van der Waals surface area contributed by atoms with E-state index in [2.05, 4.69) is 10.3 Å². The van der Waals surface area contributed by atoms with Crippen LogP contribution in [0.25, 0.3) is 0 Å². The maximum atomic E-state index is 12.8. The van der Waals surface area contributed by atoms with Crippen molar-refractivity contribution in [1.29, 1.82) is 0 Å². The fourth-order valence-corrected chi connectivity index (χ4v) is 2.56. The molecule has 0 saturated carbocycles. The van der Waals surface area contributed by atoms with E-state index in [1.165, 1.54) is 6.20 Å². The first-order valence-electron chi connectivity index (χ1n) is 8.99. The van der Waals surface area contributed by atoms with Crippen molar-refractivity contribution >= 4 is 23.7 Å². The Bertz CT molecular complexity index is 968. The third-order valence-corrected chi connectivity index (χ3v) is 3.98. The molecular weight excluding hydrogens is 374 g/mol. The van der Waals surface area contributed by atoms with Crippen LogP contribution >= 0.6 is 0 Å². The minimum atomic E-state index is -0.745. The molecule has 3 rings (SSSR count). The van der Waals surface area contributed by atoms with Gasteiger partial charge in [-0.1, -0.05) is 30.3 Å². The van der Waals surface area contributed by atoms with Gasteiger partial charge in [-0.15, -0.1) is 0 Å². The van der Waals surface area contributed by atoms with E-state index < -0.39 is 12.1 Å². The summed E-state index contributed by atoms with van der Waals surface area (Å²) < 4.78 is 16.6. The molecule has 0 radical (unpaired) electrons. The van der Waals surface area contributed by atoms with Crippen LogP contribution in [0.2, 0.25) is 0 Å². The summed E-state index contributed by atoms with van der Waals surface area (Å²) in [7, 11) is 1.57. The summed E-state index contributed by atoms with van der Waals surface area (Å²) in [5.41, 5.74) is 1.45. The van der Waals surface area contributed by atoms with Crippen LogP contribution in [0, 0.1) is 0 Å². The number of hydrogen-bond donors (Lipinski definition) is 1. The van der Waals surface area contributed by atoms with E-state index in [0.29, 0.717) is 11.4 Å². The Balaban J connectivity index is 1.85. The van der Waals surface area contributed by atoms with E-state index in [1.807, 2.05) is 30.3 Å². The van der Waals surface area contributed by atoms with Gasteiger partial charge in [-0.25, -0.2) is 19.1 Å². The zero-order valence-electron chi connectivity index (χ0n) is 16.1. The van der Waals surface area contributed by atoms with E-state index in [1.54, 1.807) is 38.3 Å². The number of rotatable bonds is 7. The molecule has 150 valence electrons. The lowest BCUT2D eigenvalue weighted by Gasteiger charge is -2.12. The molecule has 1 heterocycles. The molecule has 2 aromatic carbocycles. The zero-order valence-corrected chi connectivity index (χ0v) is 16.1. The highest BCUT2D eigenvalue weighted by Gasteiger charge is 2.24. The summed E-state index contributed by atoms with van der Waals surface area (Å²) in [6.07, 6.45) is 0.526. The number of carbonyl (C=O) groups is 2. The van der Waals surface area contributed by atoms with Gasteiger partial charge >= 0.3 is 12.1 Å². The number of esters is 1. The second-order valence-electron chi connectivity index (χ2n) is 5.92. The van der Waals surface area contributed by atoms with Crippen LogP contribution in [0.15, 0.2) is 60.8 Å². The van der Waals surface area contributed by atoms with Gasteiger partial charge in [-0.2, -0.15) is 0 Å². The van der Waals surface area contributed by atoms with E-state index in [9.17, 15) is 9.59 Å². The first-order valence-corrected chi connectivity index (χ1v) is 8.99. The molecule has 8 heteroatoms. The largest absolute Gasteiger partial charge is 0.497 e. The van der Waals surface area contributed by atoms with Gasteiger partial charge in [0.15, 0.2) is 5.69 Å². The van der Waals surface area contributed by atoms with Gasteiger partial charge in [-0.05, 0) is 36.8 Å². The lowest BCUT2D eigenvalue weighted by atomic mass is 10.2. The van der Waals surface area contributed by atoms with E-state index in [-0.39, 0.29) is 24.9 Å². The Morgan fingerprint density at radius 2 is 1.76 bits per heavy atom. The quantitative estimate of drug-likeness (QED) is 0.605. The number of ether oxygens (including phenoxy) is 3. The zero-order chi connectivity index (χ0) is 20.6. The molecule has 0 unspecified atom stereocenters. The molecule has 1 N–H and O–H groups in total. The van der Waals surface area contributed by atoms with Crippen LogP contribution in [0.5, 0.6) is 5.75 Å².